The van der Waals surface area contributed by atoms with Gasteiger partial charge < -0.3 is 10.1 Å². The molecule has 6 heteroatoms. The second kappa shape index (κ2) is 8.95. The maximum Gasteiger partial charge on any atom is 0.238 e. The number of benzene rings is 2. The Morgan fingerprint density at radius 1 is 1.22 bits per heavy atom. The number of anilines is 2. The number of methoxy groups -OCH3 is 1. The SMILES string of the molecule is CCCCC(=O)Nc1ccccc1[C@H]1SCC(=O)N1c1ccccc1OC. The molecule has 0 aliphatic carbocycles. The van der Waals surface area contributed by atoms with Crippen LogP contribution in [0.2, 0.25) is 0 Å². The number of amides is 2. The molecule has 1 heterocycles. The first kappa shape index (κ1) is 19.3. The summed E-state index contributed by atoms with van der Waals surface area (Å²) >= 11 is 1.55. The van der Waals surface area contributed by atoms with E-state index in [1.165, 1.54) is 0 Å². The third-order valence-corrected chi connectivity index (χ3v) is 5.67. The molecule has 1 atom stereocenters. The molecule has 0 unspecified atom stereocenters. The van der Waals surface area contributed by atoms with E-state index in [9.17, 15) is 9.59 Å². The van der Waals surface area contributed by atoms with Crippen molar-refractivity contribution in [3.63, 3.8) is 0 Å². The lowest BCUT2D eigenvalue weighted by Crippen LogP contribution is -2.29. The normalized spacial score (nSPS) is 16.4. The molecule has 0 spiro atoms. The number of carbonyl (C=O) groups excluding carboxylic acids is 2. The van der Waals surface area contributed by atoms with Gasteiger partial charge in [0.2, 0.25) is 11.8 Å². The van der Waals surface area contributed by atoms with Gasteiger partial charge in [-0.25, -0.2) is 0 Å². The number of carbonyl (C=O) groups is 2. The van der Waals surface area contributed by atoms with E-state index in [-0.39, 0.29) is 17.2 Å². The van der Waals surface area contributed by atoms with Gasteiger partial charge in [0.15, 0.2) is 0 Å². The third-order valence-electron chi connectivity index (χ3n) is 4.47. The van der Waals surface area contributed by atoms with Crippen molar-refractivity contribution in [3.8, 4) is 5.75 Å². The Bertz CT molecular complexity index is 825. The average Bonchev–Trinajstić information content (AvgIpc) is 3.07. The van der Waals surface area contributed by atoms with Crippen molar-refractivity contribution < 1.29 is 14.3 Å². The van der Waals surface area contributed by atoms with Gasteiger partial charge in [-0.15, -0.1) is 11.8 Å². The van der Waals surface area contributed by atoms with Gasteiger partial charge in [0.1, 0.15) is 11.1 Å². The van der Waals surface area contributed by atoms with Crippen LogP contribution >= 0.6 is 11.8 Å². The summed E-state index contributed by atoms with van der Waals surface area (Å²) in [6.07, 6.45) is 2.33. The van der Waals surface area contributed by atoms with E-state index in [2.05, 4.69) is 12.2 Å². The van der Waals surface area contributed by atoms with E-state index in [0.29, 0.717) is 17.9 Å². The maximum atomic E-state index is 12.7. The zero-order valence-corrected chi connectivity index (χ0v) is 16.4. The van der Waals surface area contributed by atoms with Crippen LogP contribution in [0.1, 0.15) is 37.1 Å². The zero-order valence-electron chi connectivity index (χ0n) is 15.6. The maximum absolute atomic E-state index is 12.7. The number of nitrogens with zero attached hydrogens (tertiary/aromatic N) is 1. The molecule has 5 nitrogen and oxygen atoms in total. The molecule has 0 bridgehead atoms. The Morgan fingerprint density at radius 3 is 2.74 bits per heavy atom. The van der Waals surface area contributed by atoms with E-state index in [0.717, 1.165) is 29.8 Å². The molecule has 142 valence electrons. The molecule has 2 amide bonds. The average molecular weight is 385 g/mol. The second-order valence-corrected chi connectivity index (χ2v) is 7.41. The number of unbranched alkanes of at least 4 members (excludes halogenated alkanes) is 1. The zero-order chi connectivity index (χ0) is 19.2. The lowest BCUT2D eigenvalue weighted by atomic mass is 10.1. The van der Waals surface area contributed by atoms with Crippen molar-refractivity contribution >= 4 is 35.0 Å². The van der Waals surface area contributed by atoms with Gasteiger partial charge in [-0.1, -0.05) is 43.7 Å². The molecule has 27 heavy (non-hydrogen) atoms. The van der Waals surface area contributed by atoms with Crippen LogP contribution in [0.3, 0.4) is 0 Å². The van der Waals surface area contributed by atoms with Crippen LogP contribution in [0.4, 0.5) is 11.4 Å². The predicted molar refractivity (Wildman–Crippen MR) is 110 cm³/mol. The molecule has 0 aromatic heterocycles. The molecular weight excluding hydrogens is 360 g/mol. The summed E-state index contributed by atoms with van der Waals surface area (Å²) in [6.45, 7) is 2.06. The Kier molecular flexibility index (Phi) is 6.40. The Balaban J connectivity index is 1.93. The van der Waals surface area contributed by atoms with E-state index in [1.807, 2.05) is 48.5 Å². The highest BCUT2D eigenvalue weighted by Gasteiger charge is 2.36. The highest BCUT2D eigenvalue weighted by atomic mass is 32.2. The summed E-state index contributed by atoms with van der Waals surface area (Å²) in [5.41, 5.74) is 2.42. The topological polar surface area (TPSA) is 58.6 Å². The third kappa shape index (κ3) is 4.27. The van der Waals surface area contributed by atoms with Crippen molar-refractivity contribution in [1.29, 1.82) is 0 Å². The molecule has 1 fully saturated rings. The molecule has 0 radical (unpaired) electrons. The summed E-state index contributed by atoms with van der Waals surface area (Å²) in [6, 6.07) is 15.2. The Labute approximate surface area is 164 Å². The fourth-order valence-electron chi connectivity index (χ4n) is 3.12. The summed E-state index contributed by atoms with van der Waals surface area (Å²) in [7, 11) is 1.60. The molecule has 1 aliphatic heterocycles. The number of ether oxygens (including phenoxy) is 1. The number of thioether (sulfide) groups is 1. The first-order chi connectivity index (χ1) is 13.2. The molecule has 1 saturated heterocycles. The van der Waals surface area contributed by atoms with Crippen molar-refractivity contribution in [1.82, 2.24) is 0 Å². The molecule has 1 aliphatic rings. The van der Waals surface area contributed by atoms with Gasteiger partial charge in [-0.3, -0.25) is 14.5 Å². The summed E-state index contributed by atoms with van der Waals surface area (Å²) in [4.78, 5) is 26.7. The minimum atomic E-state index is -0.212. The van der Waals surface area contributed by atoms with Crippen molar-refractivity contribution in [2.45, 2.75) is 31.6 Å². The standard InChI is InChI=1S/C21H24N2O3S/c1-3-4-13-19(24)22-16-10-6-5-9-15(16)21-23(20(25)14-27-21)17-11-7-8-12-18(17)26-2/h5-12,21H,3-4,13-14H2,1-2H3,(H,22,24)/t21-/m1/s1. The van der Waals surface area contributed by atoms with Crippen LogP contribution in [-0.2, 0) is 9.59 Å². The van der Waals surface area contributed by atoms with Crippen LogP contribution in [0.25, 0.3) is 0 Å². The lowest BCUT2D eigenvalue weighted by Gasteiger charge is -2.27. The van der Waals surface area contributed by atoms with Crippen LogP contribution in [0.15, 0.2) is 48.5 Å². The number of para-hydroxylation sites is 3. The number of nitrogens with one attached hydrogen (secondary N) is 1. The lowest BCUT2D eigenvalue weighted by molar-refractivity contribution is -0.116. The predicted octanol–water partition coefficient (Wildman–Crippen LogP) is 4.60. The van der Waals surface area contributed by atoms with E-state index in [1.54, 1.807) is 23.8 Å². The smallest absolute Gasteiger partial charge is 0.238 e. The van der Waals surface area contributed by atoms with Crippen LogP contribution in [0, 0.1) is 0 Å². The molecular formula is C21H24N2O3S. The number of rotatable bonds is 7. The minimum absolute atomic E-state index is 0.00228. The van der Waals surface area contributed by atoms with E-state index >= 15 is 0 Å². The highest BCUT2D eigenvalue weighted by Crippen LogP contribution is 2.46. The highest BCUT2D eigenvalue weighted by molar-refractivity contribution is 8.00. The largest absolute Gasteiger partial charge is 0.495 e. The summed E-state index contributed by atoms with van der Waals surface area (Å²) in [5.74, 6) is 1.08. The first-order valence-corrected chi connectivity index (χ1v) is 10.2. The van der Waals surface area contributed by atoms with Gasteiger partial charge in [0.25, 0.3) is 0 Å². The first-order valence-electron chi connectivity index (χ1n) is 9.11. The van der Waals surface area contributed by atoms with Gasteiger partial charge in [0.05, 0.1) is 18.6 Å². The fourth-order valence-corrected chi connectivity index (χ4v) is 4.32. The van der Waals surface area contributed by atoms with Gasteiger partial charge in [0, 0.05) is 17.7 Å². The van der Waals surface area contributed by atoms with Gasteiger partial charge >= 0.3 is 0 Å². The van der Waals surface area contributed by atoms with Gasteiger partial charge in [-0.05, 0) is 24.6 Å². The Hall–Kier alpha value is -2.47. The molecule has 0 saturated carbocycles. The molecule has 2 aromatic rings. The molecule has 1 N–H and O–H groups in total. The molecule has 2 aromatic carbocycles. The Morgan fingerprint density at radius 2 is 1.96 bits per heavy atom. The van der Waals surface area contributed by atoms with Crippen LogP contribution in [0.5, 0.6) is 5.75 Å². The van der Waals surface area contributed by atoms with Crippen molar-refractivity contribution in [2.75, 3.05) is 23.1 Å². The van der Waals surface area contributed by atoms with Crippen molar-refractivity contribution in [2.24, 2.45) is 0 Å². The summed E-state index contributed by atoms with van der Waals surface area (Å²) < 4.78 is 5.46. The quantitative estimate of drug-likeness (QED) is 0.758. The van der Waals surface area contributed by atoms with E-state index in [4.69, 9.17) is 4.74 Å². The van der Waals surface area contributed by atoms with Crippen molar-refractivity contribution in [3.05, 3.63) is 54.1 Å². The monoisotopic (exact) mass is 384 g/mol. The van der Waals surface area contributed by atoms with E-state index < -0.39 is 0 Å². The number of hydrogen-bond donors (Lipinski definition) is 1. The fraction of sp³-hybridized carbons (Fsp3) is 0.333. The van der Waals surface area contributed by atoms with Crippen LogP contribution < -0.4 is 15.0 Å². The molecule has 3 rings (SSSR count). The minimum Gasteiger partial charge on any atom is -0.495 e. The second-order valence-electron chi connectivity index (χ2n) is 6.34. The summed E-state index contributed by atoms with van der Waals surface area (Å²) in [5, 5.41) is 2.80. The van der Waals surface area contributed by atoms with Crippen LogP contribution in [-0.4, -0.2) is 24.7 Å². The number of hydrogen-bond acceptors (Lipinski definition) is 4. The van der Waals surface area contributed by atoms with Gasteiger partial charge in [-0.2, -0.15) is 0 Å².